The van der Waals surface area contributed by atoms with Gasteiger partial charge in [0, 0.05) is 19.9 Å². The van der Waals surface area contributed by atoms with Crippen molar-refractivity contribution >= 4 is 60.5 Å². The van der Waals surface area contributed by atoms with Gasteiger partial charge in [0.25, 0.3) is 0 Å². The second-order valence-corrected chi connectivity index (χ2v) is 8.78. The number of nitrogens with one attached hydrogen (secondary N) is 1. The second-order valence-electron chi connectivity index (χ2n) is 7.01. The first kappa shape index (κ1) is 22.2. The molecule has 1 aromatic heterocycles. The average molecular weight is 552 g/mol. The molecule has 32 heavy (non-hydrogen) atoms. The van der Waals surface area contributed by atoms with Gasteiger partial charge in [0.15, 0.2) is 5.84 Å². The Hall–Kier alpha value is -3.03. The van der Waals surface area contributed by atoms with Crippen LogP contribution in [-0.2, 0) is 0 Å². The Morgan fingerprint density at radius 2 is 1.78 bits per heavy atom. The highest BCUT2D eigenvalue weighted by molar-refractivity contribution is 9.11. The van der Waals surface area contributed by atoms with Crippen molar-refractivity contribution in [3.8, 4) is 5.75 Å². The van der Waals surface area contributed by atoms with Crippen LogP contribution < -0.4 is 10.2 Å². The number of hydrogen-bond donors (Lipinski definition) is 1. The van der Waals surface area contributed by atoms with Crippen LogP contribution in [0.25, 0.3) is 10.9 Å². The summed E-state index contributed by atoms with van der Waals surface area (Å²) in [5.41, 5.74) is 7.34. The van der Waals surface area contributed by atoms with E-state index in [2.05, 4.69) is 42.4 Å². The standard InChI is InChI=1S/C25H20Br2N4O/c1-16-13-19(26)14-20(27)24(16)30-25(22-12-11-17-7-3-5-9-21(17)29-22)31-28-15-18-8-4-6-10-23(18)32-2/h3-15H,1-2H3,(H,30,31). The summed E-state index contributed by atoms with van der Waals surface area (Å²) < 4.78 is 7.26. The lowest BCUT2D eigenvalue weighted by Crippen LogP contribution is -2.20. The van der Waals surface area contributed by atoms with Crippen LogP contribution >= 0.6 is 31.9 Å². The molecular formula is C25H20Br2N4O. The van der Waals surface area contributed by atoms with Gasteiger partial charge in [0.2, 0.25) is 0 Å². The first-order valence-electron chi connectivity index (χ1n) is 9.88. The van der Waals surface area contributed by atoms with Crippen LogP contribution in [0.15, 0.2) is 91.8 Å². The Kier molecular flexibility index (Phi) is 6.97. The molecule has 0 bridgehead atoms. The van der Waals surface area contributed by atoms with Crippen LogP contribution in [0.2, 0.25) is 0 Å². The summed E-state index contributed by atoms with van der Waals surface area (Å²) in [5, 5.41) is 5.49. The number of halogens is 2. The van der Waals surface area contributed by atoms with E-state index < -0.39 is 0 Å². The molecule has 5 nitrogen and oxygen atoms in total. The van der Waals surface area contributed by atoms with Gasteiger partial charge in [-0.3, -0.25) is 5.43 Å². The number of para-hydroxylation sites is 2. The third-order valence-corrected chi connectivity index (χ3v) is 5.86. The van der Waals surface area contributed by atoms with Crippen LogP contribution in [0.5, 0.6) is 5.75 Å². The molecule has 0 fully saturated rings. The Morgan fingerprint density at radius 1 is 1.00 bits per heavy atom. The molecule has 1 heterocycles. The lowest BCUT2D eigenvalue weighted by Gasteiger charge is -2.10. The quantitative estimate of drug-likeness (QED) is 0.169. The predicted octanol–water partition coefficient (Wildman–Crippen LogP) is 6.78. The SMILES string of the molecule is COc1ccccc1C=NNC(=Nc1c(C)cc(Br)cc1Br)c1ccc2ccccc2n1. The summed E-state index contributed by atoms with van der Waals surface area (Å²) in [6.45, 7) is 2.01. The van der Waals surface area contributed by atoms with E-state index in [0.717, 1.165) is 42.4 Å². The third-order valence-electron chi connectivity index (χ3n) is 4.80. The normalized spacial score (nSPS) is 11.8. The van der Waals surface area contributed by atoms with Gasteiger partial charge in [-0.15, -0.1) is 0 Å². The molecule has 0 atom stereocenters. The van der Waals surface area contributed by atoms with Crippen LogP contribution in [-0.4, -0.2) is 24.1 Å². The van der Waals surface area contributed by atoms with Gasteiger partial charge in [-0.1, -0.05) is 52.3 Å². The van der Waals surface area contributed by atoms with Crippen molar-refractivity contribution in [2.75, 3.05) is 7.11 Å². The topological polar surface area (TPSA) is 58.9 Å². The molecule has 0 spiro atoms. The van der Waals surface area contributed by atoms with E-state index in [4.69, 9.17) is 14.7 Å². The Morgan fingerprint density at radius 3 is 2.59 bits per heavy atom. The number of pyridine rings is 1. The molecule has 0 amide bonds. The minimum Gasteiger partial charge on any atom is -0.496 e. The summed E-state index contributed by atoms with van der Waals surface area (Å²) in [4.78, 5) is 9.67. The molecule has 4 aromatic rings. The van der Waals surface area contributed by atoms with Crippen molar-refractivity contribution in [1.82, 2.24) is 10.4 Å². The number of aryl methyl sites for hydroxylation is 1. The molecule has 3 aromatic carbocycles. The molecular weight excluding hydrogens is 532 g/mol. The molecule has 0 radical (unpaired) electrons. The monoisotopic (exact) mass is 550 g/mol. The van der Waals surface area contributed by atoms with Crippen LogP contribution in [0, 0.1) is 6.92 Å². The number of ether oxygens (including phenoxy) is 1. The number of fused-ring (bicyclic) bond motifs is 1. The molecule has 4 rings (SSSR count). The van der Waals surface area contributed by atoms with Gasteiger partial charge in [-0.05, 0) is 64.8 Å². The molecule has 0 aliphatic carbocycles. The van der Waals surface area contributed by atoms with Crippen molar-refractivity contribution in [1.29, 1.82) is 0 Å². The summed E-state index contributed by atoms with van der Waals surface area (Å²) in [6.07, 6.45) is 1.71. The highest BCUT2D eigenvalue weighted by Gasteiger charge is 2.11. The minimum absolute atomic E-state index is 0.535. The number of aliphatic imine (C=N–C) groups is 1. The number of methoxy groups -OCH3 is 1. The minimum atomic E-state index is 0.535. The maximum atomic E-state index is 5.40. The number of aromatic nitrogens is 1. The molecule has 0 aliphatic rings. The summed E-state index contributed by atoms with van der Waals surface area (Å²) in [5.74, 6) is 1.28. The molecule has 0 unspecified atom stereocenters. The van der Waals surface area contributed by atoms with Gasteiger partial charge in [0.1, 0.15) is 11.4 Å². The number of nitrogens with zero attached hydrogens (tertiary/aromatic N) is 3. The fourth-order valence-electron chi connectivity index (χ4n) is 3.22. The lowest BCUT2D eigenvalue weighted by molar-refractivity contribution is 0.414. The highest BCUT2D eigenvalue weighted by Crippen LogP contribution is 2.33. The third kappa shape index (κ3) is 5.06. The number of rotatable bonds is 5. The number of amidine groups is 1. The van der Waals surface area contributed by atoms with Crippen LogP contribution in [0.1, 0.15) is 16.8 Å². The van der Waals surface area contributed by atoms with Crippen molar-refractivity contribution < 1.29 is 4.74 Å². The Bertz CT molecular complexity index is 1310. The van der Waals surface area contributed by atoms with E-state index in [1.807, 2.05) is 79.7 Å². The Labute approximate surface area is 203 Å². The van der Waals surface area contributed by atoms with Crippen molar-refractivity contribution in [3.05, 3.63) is 98.6 Å². The zero-order chi connectivity index (χ0) is 22.5. The summed E-state index contributed by atoms with van der Waals surface area (Å²) in [6, 6.07) is 23.6. The molecule has 0 aliphatic heterocycles. The number of hydrazone groups is 1. The van der Waals surface area contributed by atoms with Crippen molar-refractivity contribution in [2.45, 2.75) is 6.92 Å². The molecule has 7 heteroatoms. The second kappa shape index (κ2) is 10.1. The van der Waals surface area contributed by atoms with Crippen LogP contribution in [0.3, 0.4) is 0 Å². The van der Waals surface area contributed by atoms with Gasteiger partial charge in [0.05, 0.1) is 24.5 Å². The Balaban J connectivity index is 1.76. The first-order chi connectivity index (χ1) is 15.5. The maximum Gasteiger partial charge on any atom is 0.173 e. The molecule has 0 saturated carbocycles. The van der Waals surface area contributed by atoms with E-state index in [0.29, 0.717) is 11.5 Å². The smallest absolute Gasteiger partial charge is 0.173 e. The highest BCUT2D eigenvalue weighted by atomic mass is 79.9. The largest absolute Gasteiger partial charge is 0.496 e. The van der Waals surface area contributed by atoms with E-state index in [1.165, 1.54) is 0 Å². The zero-order valence-electron chi connectivity index (χ0n) is 17.5. The average Bonchev–Trinajstić information content (AvgIpc) is 2.80. The fraction of sp³-hybridized carbons (Fsp3) is 0.0800. The van der Waals surface area contributed by atoms with Gasteiger partial charge >= 0.3 is 0 Å². The van der Waals surface area contributed by atoms with Crippen LogP contribution in [0.4, 0.5) is 5.69 Å². The van der Waals surface area contributed by atoms with Gasteiger partial charge < -0.3 is 4.74 Å². The van der Waals surface area contributed by atoms with E-state index >= 15 is 0 Å². The summed E-state index contributed by atoms with van der Waals surface area (Å²) >= 11 is 7.15. The molecule has 160 valence electrons. The lowest BCUT2D eigenvalue weighted by atomic mass is 10.2. The van der Waals surface area contributed by atoms with Crippen molar-refractivity contribution in [2.24, 2.45) is 10.1 Å². The van der Waals surface area contributed by atoms with Gasteiger partial charge in [-0.2, -0.15) is 5.10 Å². The van der Waals surface area contributed by atoms with Crippen molar-refractivity contribution in [3.63, 3.8) is 0 Å². The first-order valence-corrected chi connectivity index (χ1v) is 11.5. The maximum absolute atomic E-state index is 5.40. The summed E-state index contributed by atoms with van der Waals surface area (Å²) in [7, 11) is 1.64. The van der Waals surface area contributed by atoms with E-state index in [1.54, 1.807) is 13.3 Å². The van der Waals surface area contributed by atoms with Gasteiger partial charge in [-0.25, -0.2) is 9.98 Å². The number of benzene rings is 3. The number of hydrogen-bond acceptors (Lipinski definition) is 4. The molecule has 1 N–H and O–H groups in total. The van der Waals surface area contributed by atoms with E-state index in [9.17, 15) is 0 Å². The van der Waals surface area contributed by atoms with E-state index in [-0.39, 0.29) is 0 Å². The zero-order valence-corrected chi connectivity index (χ0v) is 20.7. The predicted molar refractivity (Wildman–Crippen MR) is 138 cm³/mol. The fourth-order valence-corrected chi connectivity index (χ4v) is 4.75. The molecule has 0 saturated heterocycles.